The van der Waals surface area contributed by atoms with Crippen LogP contribution in [0, 0.1) is 0 Å². The number of hydrogen-bond donors (Lipinski definition) is 0. The Morgan fingerprint density at radius 1 is 0.316 bits per heavy atom. The highest BCUT2D eigenvalue weighted by molar-refractivity contribution is 6.10. The highest BCUT2D eigenvalue weighted by atomic mass is 15.1. The third-order valence-electron chi connectivity index (χ3n) is 12.4. The lowest BCUT2D eigenvalue weighted by Crippen LogP contribution is -2.26. The molecule has 266 valence electrons. The molecule has 0 atom stereocenters. The van der Waals surface area contributed by atoms with Crippen LogP contribution in [0.25, 0.3) is 60.9 Å². The molecule has 1 spiro atoms. The number of hydrogen-bond acceptors (Lipinski definition) is 1. The molecule has 0 fully saturated rings. The van der Waals surface area contributed by atoms with Gasteiger partial charge in [0.05, 0.1) is 16.4 Å². The Bertz CT molecular complexity index is 3110. The van der Waals surface area contributed by atoms with E-state index in [2.05, 4.69) is 228 Å². The topological polar surface area (TPSA) is 8.17 Å². The van der Waals surface area contributed by atoms with Gasteiger partial charge in [0.25, 0.3) is 0 Å². The first-order chi connectivity index (χ1) is 28.3. The molecule has 0 saturated carbocycles. The summed E-state index contributed by atoms with van der Waals surface area (Å²) in [7, 11) is 0. The van der Waals surface area contributed by atoms with Gasteiger partial charge in [-0.1, -0.05) is 158 Å². The van der Waals surface area contributed by atoms with Crippen molar-refractivity contribution in [3.05, 3.63) is 241 Å². The minimum Gasteiger partial charge on any atom is -0.310 e. The molecule has 12 rings (SSSR count). The fraction of sp³-hybridized carbons (Fsp3) is 0.0182. The van der Waals surface area contributed by atoms with Gasteiger partial charge in [0, 0.05) is 33.5 Å². The van der Waals surface area contributed by atoms with Gasteiger partial charge in [-0.3, -0.25) is 0 Å². The van der Waals surface area contributed by atoms with Crippen LogP contribution in [-0.4, -0.2) is 4.57 Å². The Labute approximate surface area is 332 Å². The number of nitrogens with zero attached hydrogens (tertiary/aromatic N) is 2. The molecule has 10 aromatic rings. The first-order valence-corrected chi connectivity index (χ1v) is 19.8. The summed E-state index contributed by atoms with van der Waals surface area (Å²) in [6.45, 7) is 0. The molecule has 2 nitrogen and oxygen atoms in total. The second-order valence-corrected chi connectivity index (χ2v) is 15.3. The number of aromatic nitrogens is 1. The summed E-state index contributed by atoms with van der Waals surface area (Å²) in [5, 5.41) is 2.52. The lowest BCUT2D eigenvalue weighted by atomic mass is 9.70. The van der Waals surface area contributed by atoms with Gasteiger partial charge in [-0.05, 0) is 116 Å². The molecule has 57 heavy (non-hydrogen) atoms. The van der Waals surface area contributed by atoms with Crippen molar-refractivity contribution < 1.29 is 0 Å². The minimum absolute atomic E-state index is 0.401. The standard InChI is InChI=1S/C55H36N2/c1-3-15-39(16-4-1)56(41-30-27-37(28-31-41)38-29-33-48-47-22-10-14-26-53(47)57(54(48)35-38)40-17-5-2-6-18-40)42-32-34-46-45-21-9-13-25-51(45)55(52(46)36-42)49-23-11-7-19-43(49)44-20-8-12-24-50(44)55/h1-36H. The molecular formula is C55H36N2. The molecule has 0 amide bonds. The van der Waals surface area contributed by atoms with E-state index in [0.717, 1.165) is 17.1 Å². The Hall–Kier alpha value is -7.42. The van der Waals surface area contributed by atoms with Crippen molar-refractivity contribution in [3.63, 3.8) is 0 Å². The van der Waals surface area contributed by atoms with E-state index < -0.39 is 5.41 Å². The van der Waals surface area contributed by atoms with Crippen LogP contribution in [0.15, 0.2) is 218 Å². The summed E-state index contributed by atoms with van der Waals surface area (Å²) in [6.07, 6.45) is 0. The zero-order valence-electron chi connectivity index (χ0n) is 31.2. The first-order valence-electron chi connectivity index (χ1n) is 19.8. The van der Waals surface area contributed by atoms with Gasteiger partial charge in [0.1, 0.15) is 0 Å². The van der Waals surface area contributed by atoms with E-state index in [1.807, 2.05) is 0 Å². The van der Waals surface area contributed by atoms with Crippen molar-refractivity contribution in [2.45, 2.75) is 5.41 Å². The van der Waals surface area contributed by atoms with Gasteiger partial charge in [-0.15, -0.1) is 0 Å². The van der Waals surface area contributed by atoms with Gasteiger partial charge >= 0.3 is 0 Å². The molecule has 0 saturated heterocycles. The van der Waals surface area contributed by atoms with Crippen LogP contribution < -0.4 is 4.90 Å². The van der Waals surface area contributed by atoms with Crippen molar-refractivity contribution in [3.8, 4) is 39.1 Å². The Kier molecular flexibility index (Phi) is 6.88. The van der Waals surface area contributed by atoms with Crippen molar-refractivity contribution in [2.24, 2.45) is 0 Å². The van der Waals surface area contributed by atoms with E-state index in [4.69, 9.17) is 0 Å². The van der Waals surface area contributed by atoms with E-state index in [9.17, 15) is 0 Å². The summed E-state index contributed by atoms with van der Waals surface area (Å²) >= 11 is 0. The third kappa shape index (κ3) is 4.53. The van der Waals surface area contributed by atoms with E-state index in [0.29, 0.717) is 0 Å². The van der Waals surface area contributed by atoms with Crippen LogP contribution in [0.4, 0.5) is 17.1 Å². The van der Waals surface area contributed by atoms with Gasteiger partial charge in [-0.2, -0.15) is 0 Å². The lowest BCUT2D eigenvalue weighted by molar-refractivity contribution is 0.793. The molecule has 0 N–H and O–H groups in total. The molecule has 0 radical (unpaired) electrons. The van der Waals surface area contributed by atoms with Crippen LogP contribution >= 0.6 is 0 Å². The van der Waals surface area contributed by atoms with Crippen molar-refractivity contribution in [2.75, 3.05) is 4.90 Å². The average Bonchev–Trinajstić information content (AvgIpc) is 3.89. The predicted molar refractivity (Wildman–Crippen MR) is 237 cm³/mol. The summed E-state index contributed by atoms with van der Waals surface area (Å²) in [4.78, 5) is 2.41. The van der Waals surface area contributed by atoms with Crippen molar-refractivity contribution in [1.82, 2.24) is 4.57 Å². The number of fused-ring (bicyclic) bond motifs is 13. The fourth-order valence-electron chi connectivity index (χ4n) is 10.1. The van der Waals surface area contributed by atoms with Gasteiger partial charge in [0.2, 0.25) is 0 Å². The maximum Gasteiger partial charge on any atom is 0.0726 e. The van der Waals surface area contributed by atoms with Crippen LogP contribution in [0.5, 0.6) is 0 Å². The molecule has 0 bridgehead atoms. The van der Waals surface area contributed by atoms with Crippen LogP contribution in [0.3, 0.4) is 0 Å². The van der Waals surface area contributed by atoms with Gasteiger partial charge in [-0.25, -0.2) is 0 Å². The summed E-state index contributed by atoms with van der Waals surface area (Å²) in [5.41, 5.74) is 19.6. The smallest absolute Gasteiger partial charge is 0.0726 e. The number of rotatable bonds is 5. The Morgan fingerprint density at radius 3 is 1.47 bits per heavy atom. The Morgan fingerprint density at radius 2 is 0.807 bits per heavy atom. The maximum atomic E-state index is 2.46. The SMILES string of the molecule is c1ccc(N(c2ccc(-c3ccc4c5ccccc5n(-c5ccccc5)c4c3)cc2)c2ccc3c(c2)C2(c4ccccc4-c4ccccc42)c2ccccc2-3)cc1. The second-order valence-electron chi connectivity index (χ2n) is 15.3. The first kappa shape index (κ1) is 31.9. The predicted octanol–water partition coefficient (Wildman–Crippen LogP) is 14.3. The lowest BCUT2D eigenvalue weighted by Gasteiger charge is -2.32. The molecular weight excluding hydrogens is 689 g/mol. The van der Waals surface area contributed by atoms with Crippen LogP contribution in [-0.2, 0) is 5.41 Å². The van der Waals surface area contributed by atoms with Crippen molar-refractivity contribution >= 4 is 38.9 Å². The second kappa shape index (κ2) is 12.3. The number of anilines is 3. The van der Waals surface area contributed by atoms with Gasteiger partial charge < -0.3 is 9.47 Å². The van der Waals surface area contributed by atoms with Gasteiger partial charge in [0.15, 0.2) is 0 Å². The third-order valence-corrected chi connectivity index (χ3v) is 12.4. The summed E-state index contributed by atoms with van der Waals surface area (Å²) in [6, 6.07) is 80.4. The summed E-state index contributed by atoms with van der Waals surface area (Å²) in [5.74, 6) is 0. The monoisotopic (exact) mass is 724 g/mol. The fourth-order valence-corrected chi connectivity index (χ4v) is 10.1. The Balaban J connectivity index is 1.01. The molecule has 2 aliphatic carbocycles. The molecule has 1 aromatic heterocycles. The average molecular weight is 725 g/mol. The highest BCUT2D eigenvalue weighted by Gasteiger charge is 2.51. The zero-order valence-corrected chi connectivity index (χ0v) is 31.2. The zero-order chi connectivity index (χ0) is 37.5. The largest absolute Gasteiger partial charge is 0.310 e. The van der Waals surface area contributed by atoms with Crippen molar-refractivity contribution in [1.29, 1.82) is 0 Å². The molecule has 0 unspecified atom stereocenters. The number of benzene rings is 9. The molecule has 2 heteroatoms. The van der Waals surface area contributed by atoms with Crippen LogP contribution in [0.2, 0.25) is 0 Å². The minimum atomic E-state index is -0.401. The van der Waals surface area contributed by atoms with E-state index in [-0.39, 0.29) is 0 Å². The van der Waals surface area contributed by atoms with E-state index >= 15 is 0 Å². The van der Waals surface area contributed by atoms with Crippen LogP contribution in [0.1, 0.15) is 22.3 Å². The number of para-hydroxylation sites is 3. The molecule has 0 aliphatic heterocycles. The van der Waals surface area contributed by atoms with E-state index in [1.54, 1.807) is 0 Å². The molecule has 1 heterocycles. The van der Waals surface area contributed by atoms with E-state index in [1.165, 1.54) is 83.1 Å². The quantitative estimate of drug-likeness (QED) is 0.172. The molecule has 2 aliphatic rings. The molecule has 9 aromatic carbocycles. The highest BCUT2D eigenvalue weighted by Crippen LogP contribution is 2.63. The normalized spacial score (nSPS) is 13.1. The maximum absolute atomic E-state index is 2.46. The summed E-state index contributed by atoms with van der Waals surface area (Å²) < 4.78 is 2.39.